The summed E-state index contributed by atoms with van der Waals surface area (Å²) in [5, 5.41) is 3.44. The van der Waals surface area contributed by atoms with Gasteiger partial charge >= 0.3 is 0 Å². The number of methoxy groups -OCH3 is 1. The largest absolute Gasteiger partial charge is 0.496 e. The van der Waals surface area contributed by atoms with Crippen molar-refractivity contribution in [2.45, 2.75) is 38.8 Å². The van der Waals surface area contributed by atoms with Gasteiger partial charge < -0.3 is 15.0 Å². The Bertz CT molecular complexity index is 497. The van der Waals surface area contributed by atoms with Gasteiger partial charge in [-0.25, -0.2) is 0 Å². The molecule has 1 amide bonds. The maximum absolute atomic E-state index is 12.3. The van der Waals surface area contributed by atoms with Crippen LogP contribution in [-0.2, 0) is 11.2 Å². The molecule has 1 fully saturated rings. The highest BCUT2D eigenvalue weighted by Gasteiger charge is 2.24. The van der Waals surface area contributed by atoms with Gasteiger partial charge in [0.25, 0.3) is 0 Å². The maximum Gasteiger partial charge on any atom is 0.223 e. The number of nitrogens with one attached hydrogen (secondary N) is 1. The molecule has 1 aromatic rings. The number of hydrogen-bond donors (Lipinski definition) is 1. The fourth-order valence-corrected chi connectivity index (χ4v) is 3.39. The van der Waals surface area contributed by atoms with Crippen LogP contribution in [-0.4, -0.2) is 43.1 Å². The molecule has 1 heterocycles. The van der Waals surface area contributed by atoms with Crippen LogP contribution >= 0.6 is 15.9 Å². The number of nitrogens with zero attached hydrogens (tertiary/aromatic N) is 1. The summed E-state index contributed by atoms with van der Waals surface area (Å²) in [4.78, 5) is 14.3. The average molecular weight is 355 g/mol. The predicted molar refractivity (Wildman–Crippen MR) is 87.7 cm³/mol. The molecule has 116 valence electrons. The van der Waals surface area contributed by atoms with Crippen molar-refractivity contribution in [3.63, 3.8) is 0 Å². The Hall–Kier alpha value is -1.07. The second-order valence-electron chi connectivity index (χ2n) is 5.74. The van der Waals surface area contributed by atoms with E-state index in [-0.39, 0.29) is 5.91 Å². The normalized spacial score (nSPS) is 22.2. The van der Waals surface area contributed by atoms with Gasteiger partial charge in [-0.15, -0.1) is 0 Å². The molecule has 2 atom stereocenters. The second-order valence-corrected chi connectivity index (χ2v) is 6.59. The van der Waals surface area contributed by atoms with Crippen LogP contribution in [0.1, 0.15) is 25.8 Å². The van der Waals surface area contributed by atoms with E-state index in [1.54, 1.807) is 7.11 Å². The van der Waals surface area contributed by atoms with Crippen molar-refractivity contribution in [3.8, 4) is 5.75 Å². The molecule has 21 heavy (non-hydrogen) atoms. The van der Waals surface area contributed by atoms with Crippen molar-refractivity contribution in [2.24, 2.45) is 0 Å². The van der Waals surface area contributed by atoms with Crippen LogP contribution < -0.4 is 10.1 Å². The number of benzene rings is 1. The van der Waals surface area contributed by atoms with Crippen LogP contribution in [0.4, 0.5) is 0 Å². The van der Waals surface area contributed by atoms with Crippen LogP contribution in [0.25, 0.3) is 0 Å². The molecular formula is C16H23BrN2O2. The van der Waals surface area contributed by atoms with E-state index in [9.17, 15) is 4.79 Å². The highest BCUT2D eigenvalue weighted by Crippen LogP contribution is 2.26. The van der Waals surface area contributed by atoms with Gasteiger partial charge in [0.1, 0.15) is 5.75 Å². The number of halogens is 1. The molecule has 4 nitrogen and oxygen atoms in total. The number of aryl methyl sites for hydroxylation is 1. The molecule has 0 aromatic heterocycles. The van der Waals surface area contributed by atoms with Crippen molar-refractivity contribution >= 4 is 21.8 Å². The van der Waals surface area contributed by atoms with E-state index in [1.165, 1.54) is 0 Å². The average Bonchev–Trinajstić information content (AvgIpc) is 2.43. The first-order valence-corrected chi connectivity index (χ1v) is 8.15. The predicted octanol–water partition coefficient (Wildman–Crippen LogP) is 2.60. The van der Waals surface area contributed by atoms with Gasteiger partial charge in [0.05, 0.1) is 11.6 Å². The zero-order chi connectivity index (χ0) is 15.4. The van der Waals surface area contributed by atoms with Gasteiger partial charge in [-0.2, -0.15) is 0 Å². The summed E-state index contributed by atoms with van der Waals surface area (Å²) >= 11 is 3.48. The minimum atomic E-state index is 0.238. The maximum atomic E-state index is 12.3. The molecule has 1 saturated heterocycles. The van der Waals surface area contributed by atoms with Crippen LogP contribution in [0.5, 0.6) is 5.75 Å². The Morgan fingerprint density at radius 2 is 2.05 bits per heavy atom. The number of carbonyl (C=O) groups excluding carboxylic acids is 1. The molecule has 2 rings (SSSR count). The fourth-order valence-electron chi connectivity index (χ4n) is 2.81. The first-order valence-electron chi connectivity index (χ1n) is 7.36. The van der Waals surface area contributed by atoms with E-state index >= 15 is 0 Å². The van der Waals surface area contributed by atoms with Gasteiger partial charge in [0, 0.05) is 31.6 Å². The molecule has 0 saturated carbocycles. The van der Waals surface area contributed by atoms with E-state index in [2.05, 4.69) is 35.1 Å². The van der Waals surface area contributed by atoms with E-state index in [0.29, 0.717) is 18.5 Å². The number of amides is 1. The Labute approximate surface area is 135 Å². The summed E-state index contributed by atoms with van der Waals surface area (Å²) in [7, 11) is 1.65. The summed E-state index contributed by atoms with van der Waals surface area (Å²) in [5.41, 5.74) is 1.15. The smallest absolute Gasteiger partial charge is 0.223 e. The first-order chi connectivity index (χ1) is 9.99. The second kappa shape index (κ2) is 7.27. The first kappa shape index (κ1) is 16.3. The lowest BCUT2D eigenvalue weighted by Gasteiger charge is -2.36. The minimum Gasteiger partial charge on any atom is -0.496 e. The van der Waals surface area contributed by atoms with E-state index in [1.807, 2.05) is 23.1 Å². The Morgan fingerprint density at radius 3 is 2.62 bits per heavy atom. The van der Waals surface area contributed by atoms with Crippen LogP contribution in [0.2, 0.25) is 0 Å². The molecule has 0 unspecified atom stereocenters. The number of piperazine rings is 1. The number of carbonyl (C=O) groups is 1. The lowest BCUT2D eigenvalue weighted by molar-refractivity contribution is -0.132. The summed E-state index contributed by atoms with van der Waals surface area (Å²) in [6.07, 6.45) is 1.31. The number of ether oxygens (including phenoxy) is 1. The van der Waals surface area contributed by atoms with Gasteiger partial charge in [-0.05, 0) is 53.9 Å². The van der Waals surface area contributed by atoms with Gasteiger partial charge in [-0.3, -0.25) is 4.79 Å². The van der Waals surface area contributed by atoms with Gasteiger partial charge in [0.2, 0.25) is 5.91 Å². The van der Waals surface area contributed by atoms with Crippen molar-refractivity contribution in [2.75, 3.05) is 20.2 Å². The summed E-state index contributed by atoms with van der Waals surface area (Å²) in [6, 6.07) is 6.70. The standard InChI is InChI=1S/C16H23BrN2O2/c1-11-9-19(10-12(2)18-11)16(20)7-5-13-4-6-15(21-3)14(17)8-13/h4,6,8,11-12,18H,5,7,9-10H2,1-3H3/t11-,12-/m0/s1. The molecule has 0 radical (unpaired) electrons. The number of hydrogen-bond acceptors (Lipinski definition) is 3. The summed E-state index contributed by atoms with van der Waals surface area (Å²) in [6.45, 7) is 5.85. The highest BCUT2D eigenvalue weighted by atomic mass is 79.9. The van der Waals surface area contributed by atoms with Crippen molar-refractivity contribution < 1.29 is 9.53 Å². The van der Waals surface area contributed by atoms with E-state index in [4.69, 9.17) is 4.74 Å². The molecule has 1 aromatic carbocycles. The molecule has 0 spiro atoms. The topological polar surface area (TPSA) is 41.6 Å². The highest BCUT2D eigenvalue weighted by molar-refractivity contribution is 9.10. The quantitative estimate of drug-likeness (QED) is 0.903. The van der Waals surface area contributed by atoms with Crippen LogP contribution in [0, 0.1) is 0 Å². The van der Waals surface area contributed by atoms with E-state index < -0.39 is 0 Å². The lowest BCUT2D eigenvalue weighted by Crippen LogP contribution is -2.55. The van der Waals surface area contributed by atoms with Crippen molar-refractivity contribution in [1.82, 2.24) is 10.2 Å². The molecule has 5 heteroatoms. The molecular weight excluding hydrogens is 332 g/mol. The third-order valence-electron chi connectivity index (χ3n) is 3.75. The number of rotatable bonds is 4. The van der Waals surface area contributed by atoms with Gasteiger partial charge in [0.15, 0.2) is 0 Å². The molecule has 0 aliphatic carbocycles. The molecule has 0 bridgehead atoms. The lowest BCUT2D eigenvalue weighted by atomic mass is 10.1. The Kier molecular flexibility index (Phi) is 5.65. The van der Waals surface area contributed by atoms with E-state index in [0.717, 1.165) is 35.3 Å². The summed E-state index contributed by atoms with van der Waals surface area (Å²) in [5.74, 6) is 1.05. The van der Waals surface area contributed by atoms with Crippen LogP contribution in [0.15, 0.2) is 22.7 Å². The molecule has 1 N–H and O–H groups in total. The zero-order valence-corrected chi connectivity index (χ0v) is 14.4. The Balaban J connectivity index is 1.90. The van der Waals surface area contributed by atoms with Crippen LogP contribution in [0.3, 0.4) is 0 Å². The minimum absolute atomic E-state index is 0.238. The Morgan fingerprint density at radius 1 is 1.38 bits per heavy atom. The van der Waals surface area contributed by atoms with Crippen molar-refractivity contribution in [3.05, 3.63) is 28.2 Å². The SMILES string of the molecule is COc1ccc(CCC(=O)N2C[C@H](C)N[C@@H](C)C2)cc1Br. The third-order valence-corrected chi connectivity index (χ3v) is 4.37. The third kappa shape index (κ3) is 4.45. The molecule has 1 aliphatic rings. The van der Waals surface area contributed by atoms with Gasteiger partial charge in [-0.1, -0.05) is 6.07 Å². The fraction of sp³-hybridized carbons (Fsp3) is 0.562. The monoisotopic (exact) mass is 354 g/mol. The molecule has 1 aliphatic heterocycles. The summed E-state index contributed by atoms with van der Waals surface area (Å²) < 4.78 is 6.15. The zero-order valence-electron chi connectivity index (χ0n) is 12.9. The van der Waals surface area contributed by atoms with Crippen molar-refractivity contribution in [1.29, 1.82) is 0 Å².